The Morgan fingerprint density at radius 2 is 2.00 bits per heavy atom. The number of H-pyrrole nitrogens is 1. The van der Waals surface area contributed by atoms with Gasteiger partial charge in [-0.05, 0) is 30.7 Å². The molecule has 2 N–H and O–H groups in total. The molecule has 1 unspecified atom stereocenters. The third-order valence-electron chi connectivity index (χ3n) is 4.86. The number of likely N-dealkylation sites (tertiary alicyclic amines) is 1. The number of hydrogen-bond acceptors (Lipinski definition) is 2. The number of nitrogens with one attached hydrogen (secondary N) is 2. The van der Waals surface area contributed by atoms with Crippen molar-refractivity contribution in [3.63, 3.8) is 0 Å². The Bertz CT molecular complexity index is 962. The minimum Gasteiger partial charge on any atom is -0.359 e. The van der Waals surface area contributed by atoms with E-state index in [1.54, 1.807) is 4.90 Å². The number of benzene rings is 2. The van der Waals surface area contributed by atoms with E-state index < -0.39 is 0 Å². The van der Waals surface area contributed by atoms with Crippen LogP contribution in [-0.2, 0) is 16.1 Å². The molecular weight excluding hydrogens is 326 g/mol. The van der Waals surface area contributed by atoms with E-state index in [1.165, 1.54) is 0 Å². The Balaban J connectivity index is 1.46. The highest BCUT2D eigenvalue weighted by Crippen LogP contribution is 2.26. The van der Waals surface area contributed by atoms with Gasteiger partial charge in [-0.2, -0.15) is 0 Å². The van der Waals surface area contributed by atoms with Gasteiger partial charge < -0.3 is 15.2 Å². The summed E-state index contributed by atoms with van der Waals surface area (Å²) in [5, 5.41) is 4.00. The molecule has 5 nitrogen and oxygen atoms in total. The van der Waals surface area contributed by atoms with Crippen molar-refractivity contribution >= 4 is 28.4 Å². The lowest BCUT2D eigenvalue weighted by Crippen LogP contribution is -2.28. The third kappa shape index (κ3) is 3.20. The summed E-state index contributed by atoms with van der Waals surface area (Å²) in [5.74, 6) is -0.383. The first kappa shape index (κ1) is 16.4. The number of nitrogens with zero attached hydrogens (tertiary/aromatic N) is 1. The van der Waals surface area contributed by atoms with Crippen LogP contribution in [0, 0.1) is 12.8 Å². The number of amides is 2. The quantitative estimate of drug-likeness (QED) is 0.759. The van der Waals surface area contributed by atoms with Crippen LogP contribution in [0.15, 0.2) is 54.6 Å². The van der Waals surface area contributed by atoms with Crippen LogP contribution in [0.5, 0.6) is 0 Å². The van der Waals surface area contributed by atoms with Gasteiger partial charge in [0.1, 0.15) is 0 Å². The minimum atomic E-state index is -0.318. The maximum absolute atomic E-state index is 12.7. The average molecular weight is 347 g/mol. The molecule has 0 radical (unpaired) electrons. The van der Waals surface area contributed by atoms with Gasteiger partial charge in [-0.15, -0.1) is 0 Å². The molecule has 0 aliphatic carbocycles. The van der Waals surface area contributed by atoms with E-state index >= 15 is 0 Å². The van der Waals surface area contributed by atoms with Gasteiger partial charge in [0.15, 0.2) is 0 Å². The molecule has 0 saturated carbocycles. The van der Waals surface area contributed by atoms with Crippen LogP contribution < -0.4 is 5.32 Å². The normalized spacial score (nSPS) is 17.0. The summed E-state index contributed by atoms with van der Waals surface area (Å²) in [7, 11) is 0. The summed E-state index contributed by atoms with van der Waals surface area (Å²) < 4.78 is 0. The fourth-order valence-corrected chi connectivity index (χ4v) is 3.54. The number of anilines is 1. The van der Waals surface area contributed by atoms with E-state index in [2.05, 4.69) is 10.3 Å². The van der Waals surface area contributed by atoms with Crippen molar-refractivity contribution in [3.8, 4) is 0 Å². The van der Waals surface area contributed by atoms with Crippen molar-refractivity contribution < 1.29 is 9.59 Å². The van der Waals surface area contributed by atoms with Crippen LogP contribution >= 0.6 is 0 Å². The molecule has 3 aromatic rings. The Kier molecular flexibility index (Phi) is 4.21. The number of aromatic amines is 1. The molecule has 1 saturated heterocycles. The Morgan fingerprint density at radius 3 is 2.81 bits per heavy atom. The SMILES string of the molecule is Cc1cc2c(NC(=O)C3CC(=O)N(Cc4ccccc4)C3)cccc2[nH]1. The highest BCUT2D eigenvalue weighted by atomic mass is 16.2. The molecule has 1 aliphatic rings. The molecule has 5 heteroatoms. The number of carbonyl (C=O) groups is 2. The molecule has 1 aliphatic heterocycles. The van der Waals surface area contributed by atoms with Crippen LogP contribution in [0.1, 0.15) is 17.7 Å². The number of fused-ring (bicyclic) bond motifs is 1. The fourth-order valence-electron chi connectivity index (χ4n) is 3.54. The lowest BCUT2D eigenvalue weighted by molar-refractivity contribution is -0.128. The molecule has 132 valence electrons. The zero-order valence-electron chi connectivity index (χ0n) is 14.7. The first-order chi connectivity index (χ1) is 12.6. The van der Waals surface area contributed by atoms with Crippen molar-refractivity contribution in [2.75, 3.05) is 11.9 Å². The lowest BCUT2D eigenvalue weighted by atomic mass is 10.1. The summed E-state index contributed by atoms with van der Waals surface area (Å²) in [6.07, 6.45) is 0.265. The molecule has 26 heavy (non-hydrogen) atoms. The highest BCUT2D eigenvalue weighted by Gasteiger charge is 2.34. The van der Waals surface area contributed by atoms with Crippen molar-refractivity contribution in [1.82, 2.24) is 9.88 Å². The number of rotatable bonds is 4. The van der Waals surface area contributed by atoms with E-state index in [4.69, 9.17) is 0 Å². The summed E-state index contributed by atoms with van der Waals surface area (Å²) in [4.78, 5) is 30.0. The van der Waals surface area contributed by atoms with Gasteiger partial charge >= 0.3 is 0 Å². The third-order valence-corrected chi connectivity index (χ3v) is 4.86. The number of aromatic nitrogens is 1. The molecule has 2 aromatic carbocycles. The second-order valence-corrected chi connectivity index (χ2v) is 6.87. The monoisotopic (exact) mass is 347 g/mol. The topological polar surface area (TPSA) is 65.2 Å². The summed E-state index contributed by atoms with van der Waals surface area (Å²) in [5.41, 5.74) is 3.90. The summed E-state index contributed by atoms with van der Waals surface area (Å²) >= 11 is 0. The van der Waals surface area contributed by atoms with Gasteiger partial charge in [-0.25, -0.2) is 0 Å². The molecule has 1 atom stereocenters. The molecule has 2 amide bonds. The first-order valence-electron chi connectivity index (χ1n) is 8.81. The highest BCUT2D eigenvalue weighted by molar-refractivity contribution is 6.04. The fraction of sp³-hybridized carbons (Fsp3) is 0.238. The van der Waals surface area contributed by atoms with Crippen molar-refractivity contribution in [3.05, 3.63) is 65.9 Å². The molecule has 1 aromatic heterocycles. The number of aryl methyl sites for hydroxylation is 1. The van der Waals surface area contributed by atoms with E-state index in [9.17, 15) is 9.59 Å². The van der Waals surface area contributed by atoms with Crippen LogP contribution in [0.2, 0.25) is 0 Å². The van der Waals surface area contributed by atoms with Gasteiger partial charge in [-0.1, -0.05) is 36.4 Å². The average Bonchev–Trinajstić information content (AvgIpc) is 3.19. The molecule has 4 rings (SSSR count). The Hall–Kier alpha value is -3.08. The molecule has 0 spiro atoms. The van der Waals surface area contributed by atoms with Crippen LogP contribution in [0.4, 0.5) is 5.69 Å². The van der Waals surface area contributed by atoms with Crippen molar-refractivity contribution in [2.45, 2.75) is 19.9 Å². The van der Waals surface area contributed by atoms with Gasteiger partial charge in [0.2, 0.25) is 11.8 Å². The smallest absolute Gasteiger partial charge is 0.229 e. The minimum absolute atomic E-state index is 0.0321. The van der Waals surface area contributed by atoms with Crippen molar-refractivity contribution in [2.24, 2.45) is 5.92 Å². The van der Waals surface area contributed by atoms with E-state index in [-0.39, 0.29) is 24.2 Å². The van der Waals surface area contributed by atoms with E-state index in [0.717, 1.165) is 27.8 Å². The maximum Gasteiger partial charge on any atom is 0.229 e. The molecule has 2 heterocycles. The summed E-state index contributed by atoms with van der Waals surface area (Å²) in [6, 6.07) is 17.7. The second kappa shape index (κ2) is 6.67. The number of carbonyl (C=O) groups excluding carboxylic acids is 2. The second-order valence-electron chi connectivity index (χ2n) is 6.87. The van der Waals surface area contributed by atoms with Gasteiger partial charge in [0, 0.05) is 36.1 Å². The largest absolute Gasteiger partial charge is 0.359 e. The molecule has 1 fully saturated rings. The number of hydrogen-bond donors (Lipinski definition) is 2. The van der Waals surface area contributed by atoms with Crippen molar-refractivity contribution in [1.29, 1.82) is 0 Å². The maximum atomic E-state index is 12.7. The van der Waals surface area contributed by atoms with Gasteiger partial charge in [-0.3, -0.25) is 9.59 Å². The Labute approximate surface area is 152 Å². The standard InChI is InChI=1S/C21H21N3O2/c1-14-10-17-18(22-14)8-5-9-19(17)23-21(26)16-11-20(25)24(13-16)12-15-6-3-2-4-7-15/h2-10,16,22H,11-13H2,1H3,(H,23,26). The van der Waals surface area contributed by atoms with Crippen LogP contribution in [0.3, 0.4) is 0 Å². The predicted octanol–water partition coefficient (Wildman–Crippen LogP) is 3.46. The lowest BCUT2D eigenvalue weighted by Gasteiger charge is -2.16. The van der Waals surface area contributed by atoms with E-state index in [0.29, 0.717) is 13.1 Å². The zero-order valence-corrected chi connectivity index (χ0v) is 14.7. The Morgan fingerprint density at radius 1 is 1.19 bits per heavy atom. The van der Waals surface area contributed by atoms with Gasteiger partial charge in [0.05, 0.1) is 11.6 Å². The summed E-state index contributed by atoms with van der Waals surface area (Å²) in [6.45, 7) is 3.00. The van der Waals surface area contributed by atoms with Gasteiger partial charge in [0.25, 0.3) is 0 Å². The molecule has 0 bridgehead atoms. The van der Waals surface area contributed by atoms with Crippen LogP contribution in [-0.4, -0.2) is 28.2 Å². The predicted molar refractivity (Wildman–Crippen MR) is 102 cm³/mol. The first-order valence-corrected chi connectivity index (χ1v) is 8.81. The van der Waals surface area contributed by atoms with Crippen LogP contribution in [0.25, 0.3) is 10.9 Å². The molecular formula is C21H21N3O2. The zero-order chi connectivity index (χ0) is 18.1. The van der Waals surface area contributed by atoms with E-state index in [1.807, 2.05) is 61.5 Å².